The van der Waals surface area contributed by atoms with E-state index in [1.807, 2.05) is 49.4 Å². The largest absolute Gasteiger partial charge is 0.289 e. The van der Waals surface area contributed by atoms with Gasteiger partial charge in [-0.25, -0.2) is 0 Å². The third kappa shape index (κ3) is 3.54. The number of aryl methyl sites for hydroxylation is 1. The number of benzene rings is 2. The van der Waals surface area contributed by atoms with E-state index in [9.17, 15) is 4.79 Å². The highest BCUT2D eigenvalue weighted by molar-refractivity contribution is 6.09. The molecule has 0 aliphatic heterocycles. The summed E-state index contributed by atoms with van der Waals surface area (Å²) in [6.07, 6.45) is 1.01. The Balaban J connectivity index is 2.29. The van der Waals surface area contributed by atoms with Gasteiger partial charge in [0.1, 0.15) is 0 Å². The maximum Gasteiger partial charge on any atom is 0.193 e. The summed E-state index contributed by atoms with van der Waals surface area (Å²) in [5.41, 5.74) is 3.89. The molecule has 0 fully saturated rings. The van der Waals surface area contributed by atoms with Crippen LogP contribution >= 0.6 is 0 Å². The first kappa shape index (κ1) is 13.5. The summed E-state index contributed by atoms with van der Waals surface area (Å²) in [4.78, 5) is 12.4. The van der Waals surface area contributed by atoms with Gasteiger partial charge in [0.05, 0.1) is 0 Å². The van der Waals surface area contributed by atoms with Crippen LogP contribution in [0.5, 0.6) is 0 Å². The Hall–Kier alpha value is -1.89. The quantitative estimate of drug-likeness (QED) is 0.736. The van der Waals surface area contributed by atoms with Crippen LogP contribution in [0, 0.1) is 12.8 Å². The summed E-state index contributed by atoms with van der Waals surface area (Å²) in [5, 5.41) is 0. The fourth-order valence-corrected chi connectivity index (χ4v) is 2.26. The molecule has 0 spiro atoms. The Bertz CT molecular complexity index is 582. The van der Waals surface area contributed by atoms with Gasteiger partial charge in [-0.05, 0) is 37.0 Å². The van der Waals surface area contributed by atoms with E-state index in [1.54, 1.807) is 0 Å². The molecule has 0 aliphatic carbocycles. The van der Waals surface area contributed by atoms with Gasteiger partial charge in [-0.15, -0.1) is 0 Å². The van der Waals surface area contributed by atoms with Gasteiger partial charge in [0.2, 0.25) is 0 Å². The molecule has 0 saturated carbocycles. The topological polar surface area (TPSA) is 17.1 Å². The van der Waals surface area contributed by atoms with Gasteiger partial charge in [-0.2, -0.15) is 0 Å². The molecule has 0 bridgehead atoms. The normalized spacial score (nSPS) is 10.7. The lowest BCUT2D eigenvalue weighted by Gasteiger charge is -2.07. The average Bonchev–Trinajstić information content (AvgIpc) is 2.37. The number of ketones is 1. The molecule has 0 heterocycles. The van der Waals surface area contributed by atoms with Crippen LogP contribution in [0.3, 0.4) is 0 Å². The molecular weight excluding hydrogens is 232 g/mol. The zero-order valence-electron chi connectivity index (χ0n) is 11.8. The van der Waals surface area contributed by atoms with Crippen molar-refractivity contribution in [1.82, 2.24) is 0 Å². The van der Waals surface area contributed by atoms with Crippen molar-refractivity contribution in [1.29, 1.82) is 0 Å². The maximum absolute atomic E-state index is 12.4. The van der Waals surface area contributed by atoms with Crippen LogP contribution in [0.1, 0.15) is 40.9 Å². The van der Waals surface area contributed by atoms with Crippen molar-refractivity contribution < 1.29 is 4.79 Å². The second-order valence-corrected chi connectivity index (χ2v) is 5.50. The van der Waals surface area contributed by atoms with Gasteiger partial charge in [0, 0.05) is 11.1 Å². The van der Waals surface area contributed by atoms with Crippen LogP contribution in [-0.2, 0) is 6.42 Å². The Morgan fingerprint density at radius 1 is 1.00 bits per heavy atom. The lowest BCUT2D eigenvalue weighted by Crippen LogP contribution is -2.03. The lowest BCUT2D eigenvalue weighted by atomic mass is 9.97. The lowest BCUT2D eigenvalue weighted by molar-refractivity contribution is 0.103. The van der Waals surface area contributed by atoms with Crippen molar-refractivity contribution in [2.24, 2.45) is 5.92 Å². The van der Waals surface area contributed by atoms with Crippen molar-refractivity contribution in [3.05, 3.63) is 70.8 Å². The van der Waals surface area contributed by atoms with Gasteiger partial charge in [-0.1, -0.05) is 55.8 Å². The molecule has 2 aromatic rings. The molecule has 1 nitrogen and oxygen atoms in total. The fourth-order valence-electron chi connectivity index (χ4n) is 2.26. The molecule has 1 heteroatoms. The van der Waals surface area contributed by atoms with Crippen LogP contribution < -0.4 is 0 Å². The molecule has 98 valence electrons. The van der Waals surface area contributed by atoms with E-state index in [0.717, 1.165) is 23.1 Å². The van der Waals surface area contributed by atoms with Gasteiger partial charge < -0.3 is 0 Å². The molecule has 0 unspecified atom stereocenters. The molecule has 2 rings (SSSR count). The maximum atomic E-state index is 12.4. The Labute approximate surface area is 115 Å². The monoisotopic (exact) mass is 252 g/mol. The zero-order valence-corrected chi connectivity index (χ0v) is 11.8. The molecular formula is C18H20O. The molecule has 2 aromatic carbocycles. The molecule has 0 atom stereocenters. The number of hydrogen-bond donors (Lipinski definition) is 0. The van der Waals surface area contributed by atoms with E-state index in [-0.39, 0.29) is 5.78 Å². The molecule has 0 saturated heterocycles. The first-order valence-corrected chi connectivity index (χ1v) is 6.76. The molecule has 0 N–H and O–H groups in total. The number of rotatable bonds is 4. The molecule has 0 radical (unpaired) electrons. The third-order valence-electron chi connectivity index (χ3n) is 3.11. The van der Waals surface area contributed by atoms with Crippen LogP contribution in [0.25, 0.3) is 0 Å². The second kappa shape index (κ2) is 5.83. The van der Waals surface area contributed by atoms with Gasteiger partial charge in [0.25, 0.3) is 0 Å². The predicted molar refractivity (Wildman–Crippen MR) is 79.6 cm³/mol. The van der Waals surface area contributed by atoms with Crippen LogP contribution in [0.15, 0.2) is 48.5 Å². The van der Waals surface area contributed by atoms with Crippen molar-refractivity contribution in [2.45, 2.75) is 27.2 Å². The van der Waals surface area contributed by atoms with Gasteiger partial charge in [-0.3, -0.25) is 4.79 Å². The molecule has 19 heavy (non-hydrogen) atoms. The Morgan fingerprint density at radius 3 is 2.26 bits per heavy atom. The number of carbonyl (C=O) groups is 1. The summed E-state index contributed by atoms with van der Waals surface area (Å²) >= 11 is 0. The smallest absolute Gasteiger partial charge is 0.193 e. The van der Waals surface area contributed by atoms with E-state index in [0.29, 0.717) is 5.92 Å². The Morgan fingerprint density at radius 2 is 1.63 bits per heavy atom. The third-order valence-corrected chi connectivity index (χ3v) is 3.11. The fraction of sp³-hybridized carbons (Fsp3) is 0.278. The first-order chi connectivity index (χ1) is 9.06. The minimum absolute atomic E-state index is 0.106. The predicted octanol–water partition coefficient (Wildman–Crippen LogP) is 4.42. The van der Waals surface area contributed by atoms with Gasteiger partial charge in [0.15, 0.2) is 5.78 Å². The van der Waals surface area contributed by atoms with E-state index >= 15 is 0 Å². The highest BCUT2D eigenvalue weighted by atomic mass is 16.1. The van der Waals surface area contributed by atoms with Crippen LogP contribution in [0.2, 0.25) is 0 Å². The Kier molecular flexibility index (Phi) is 4.16. The SMILES string of the molecule is Cc1cccc(C(=O)c2cccc(CC(C)C)c2)c1. The zero-order chi connectivity index (χ0) is 13.8. The van der Waals surface area contributed by atoms with Crippen molar-refractivity contribution in [2.75, 3.05) is 0 Å². The van der Waals surface area contributed by atoms with E-state index < -0.39 is 0 Å². The van der Waals surface area contributed by atoms with Crippen molar-refractivity contribution in [3.8, 4) is 0 Å². The molecule has 0 amide bonds. The number of carbonyl (C=O) groups excluding carboxylic acids is 1. The average molecular weight is 252 g/mol. The highest BCUT2D eigenvalue weighted by Crippen LogP contribution is 2.15. The standard InChI is InChI=1S/C18H20O/c1-13(2)10-15-7-5-9-17(12-15)18(19)16-8-4-6-14(3)11-16/h4-9,11-13H,10H2,1-3H3. The summed E-state index contributed by atoms with van der Waals surface area (Å²) < 4.78 is 0. The van der Waals surface area contributed by atoms with Crippen molar-refractivity contribution >= 4 is 5.78 Å². The molecule has 0 aliphatic rings. The van der Waals surface area contributed by atoms with E-state index in [4.69, 9.17) is 0 Å². The minimum atomic E-state index is 0.106. The van der Waals surface area contributed by atoms with E-state index in [1.165, 1.54) is 5.56 Å². The van der Waals surface area contributed by atoms with Gasteiger partial charge >= 0.3 is 0 Å². The summed E-state index contributed by atoms with van der Waals surface area (Å²) in [6, 6.07) is 15.7. The summed E-state index contributed by atoms with van der Waals surface area (Å²) in [6.45, 7) is 6.38. The van der Waals surface area contributed by atoms with Crippen LogP contribution in [0.4, 0.5) is 0 Å². The van der Waals surface area contributed by atoms with E-state index in [2.05, 4.69) is 19.9 Å². The molecule has 0 aromatic heterocycles. The second-order valence-electron chi connectivity index (χ2n) is 5.50. The summed E-state index contributed by atoms with van der Waals surface area (Å²) in [7, 11) is 0. The van der Waals surface area contributed by atoms with Crippen LogP contribution in [-0.4, -0.2) is 5.78 Å². The summed E-state index contributed by atoms with van der Waals surface area (Å²) in [5.74, 6) is 0.707. The van der Waals surface area contributed by atoms with Crippen molar-refractivity contribution in [3.63, 3.8) is 0 Å². The number of hydrogen-bond acceptors (Lipinski definition) is 1. The minimum Gasteiger partial charge on any atom is -0.289 e. The first-order valence-electron chi connectivity index (χ1n) is 6.76. The highest BCUT2D eigenvalue weighted by Gasteiger charge is 2.09.